The number of rotatable bonds is 9. The molecule has 3 amide bonds. The molecule has 0 saturated carbocycles. The van der Waals surface area contributed by atoms with Gasteiger partial charge >= 0.3 is 12.1 Å². The van der Waals surface area contributed by atoms with Gasteiger partial charge in [0.25, 0.3) is 0 Å². The molecule has 3 heterocycles. The monoisotopic (exact) mass is 709 g/mol. The Kier molecular flexibility index (Phi) is 11.7. The van der Waals surface area contributed by atoms with Gasteiger partial charge in [-0.3, -0.25) is 24.2 Å². The van der Waals surface area contributed by atoms with Crippen molar-refractivity contribution in [2.24, 2.45) is 0 Å². The number of nitrogens with one attached hydrogen (secondary N) is 1. The summed E-state index contributed by atoms with van der Waals surface area (Å²) in [5.41, 5.74) is 1.31. The van der Waals surface area contributed by atoms with E-state index in [1.807, 2.05) is 45.9 Å². The van der Waals surface area contributed by atoms with E-state index in [4.69, 9.17) is 14.2 Å². The van der Waals surface area contributed by atoms with Crippen LogP contribution in [-0.4, -0.2) is 128 Å². The van der Waals surface area contributed by atoms with Crippen LogP contribution in [0, 0.1) is 5.82 Å². The predicted octanol–water partition coefficient (Wildman–Crippen LogP) is 3.34. The highest BCUT2D eigenvalue weighted by molar-refractivity contribution is 6.03. The molecule has 2 aromatic rings. The molecule has 3 aliphatic rings. The molecule has 0 aromatic heterocycles. The number of fused-ring (bicyclic) bond motifs is 1. The number of halogens is 1. The van der Waals surface area contributed by atoms with Crippen molar-refractivity contribution in [2.75, 3.05) is 71.0 Å². The Bertz CT molecular complexity index is 1600. The van der Waals surface area contributed by atoms with Crippen LogP contribution in [0.3, 0.4) is 0 Å². The van der Waals surface area contributed by atoms with E-state index in [0.29, 0.717) is 50.5 Å². The van der Waals surface area contributed by atoms with Gasteiger partial charge in [0.15, 0.2) is 0 Å². The lowest BCUT2D eigenvalue weighted by Crippen LogP contribution is -2.64. The van der Waals surface area contributed by atoms with Crippen molar-refractivity contribution < 1.29 is 37.8 Å². The Morgan fingerprint density at radius 1 is 1.00 bits per heavy atom. The molecule has 5 rings (SSSR count). The maximum absolute atomic E-state index is 14.5. The van der Waals surface area contributed by atoms with Gasteiger partial charge in [-0.25, -0.2) is 9.18 Å². The van der Waals surface area contributed by atoms with E-state index in [0.717, 1.165) is 17.7 Å². The van der Waals surface area contributed by atoms with Gasteiger partial charge in [-0.05, 0) is 82.9 Å². The maximum Gasteiger partial charge on any atom is 0.410 e. The molecule has 2 saturated heterocycles. The Hall–Kier alpha value is -4.07. The van der Waals surface area contributed by atoms with Crippen molar-refractivity contribution >= 4 is 29.6 Å². The average Bonchev–Trinajstić information content (AvgIpc) is 3.38. The number of anilines is 1. The number of carbonyl (C=O) groups excluding carboxylic acids is 4. The van der Waals surface area contributed by atoms with Crippen LogP contribution in [0.2, 0.25) is 0 Å². The zero-order valence-electron chi connectivity index (χ0n) is 30.9. The van der Waals surface area contributed by atoms with E-state index in [-0.39, 0.29) is 55.6 Å². The molecule has 51 heavy (non-hydrogen) atoms. The van der Waals surface area contributed by atoms with Gasteiger partial charge < -0.3 is 29.3 Å². The van der Waals surface area contributed by atoms with E-state index in [9.17, 15) is 23.6 Å². The van der Waals surface area contributed by atoms with Crippen molar-refractivity contribution in [1.29, 1.82) is 0 Å². The van der Waals surface area contributed by atoms with Crippen LogP contribution in [0.5, 0.6) is 0 Å². The lowest BCUT2D eigenvalue weighted by Gasteiger charge is -2.47. The van der Waals surface area contributed by atoms with Crippen LogP contribution >= 0.6 is 0 Å². The van der Waals surface area contributed by atoms with E-state index in [2.05, 4.69) is 22.0 Å². The van der Waals surface area contributed by atoms with Gasteiger partial charge in [0.1, 0.15) is 18.0 Å². The normalized spacial score (nSPS) is 24.2. The highest BCUT2D eigenvalue weighted by atomic mass is 19.1. The lowest BCUT2D eigenvalue weighted by atomic mass is 9.83. The Morgan fingerprint density at radius 3 is 2.37 bits per heavy atom. The number of nitrogens with zero attached hydrogens (tertiary/aromatic N) is 4. The van der Waals surface area contributed by atoms with Gasteiger partial charge in [-0.1, -0.05) is 24.3 Å². The van der Waals surface area contributed by atoms with Crippen LogP contribution in [0.25, 0.3) is 0 Å². The first-order valence-electron chi connectivity index (χ1n) is 17.7. The molecule has 2 fully saturated rings. The first-order chi connectivity index (χ1) is 24.1. The summed E-state index contributed by atoms with van der Waals surface area (Å²) >= 11 is 0. The minimum absolute atomic E-state index is 0.0668. The molecule has 3 aliphatic heterocycles. The molecule has 0 aliphatic carbocycles. The average molecular weight is 710 g/mol. The van der Waals surface area contributed by atoms with Gasteiger partial charge in [0.05, 0.1) is 32.3 Å². The Morgan fingerprint density at radius 2 is 1.71 bits per heavy atom. The molecule has 12 nitrogen and oxygen atoms in total. The number of hydrogen-bond donors (Lipinski definition) is 1. The topological polar surface area (TPSA) is 121 Å². The number of carbonyl (C=O) groups is 4. The zero-order valence-corrected chi connectivity index (χ0v) is 30.9. The van der Waals surface area contributed by atoms with E-state index >= 15 is 0 Å². The molecule has 0 bridgehead atoms. The third-order valence-corrected chi connectivity index (χ3v) is 10.0. The van der Waals surface area contributed by atoms with E-state index in [1.165, 1.54) is 19.2 Å². The predicted molar refractivity (Wildman–Crippen MR) is 190 cm³/mol. The number of hydrogen-bond acceptors (Lipinski definition) is 9. The van der Waals surface area contributed by atoms with Crippen molar-refractivity contribution in [3.8, 4) is 0 Å². The summed E-state index contributed by atoms with van der Waals surface area (Å²) < 4.78 is 29.8. The summed E-state index contributed by atoms with van der Waals surface area (Å²) in [6.45, 7) is 14.7. The second kappa shape index (κ2) is 15.7. The molecular weight excluding hydrogens is 657 g/mol. The second-order valence-electron chi connectivity index (χ2n) is 15.2. The lowest BCUT2D eigenvalue weighted by molar-refractivity contribution is -0.141. The maximum atomic E-state index is 14.5. The molecule has 2 unspecified atom stereocenters. The van der Waals surface area contributed by atoms with Gasteiger partial charge in [0.2, 0.25) is 11.8 Å². The number of methoxy groups -OCH3 is 1. The number of piperazine rings is 1. The fourth-order valence-corrected chi connectivity index (χ4v) is 7.15. The number of benzene rings is 2. The van der Waals surface area contributed by atoms with Crippen LogP contribution < -0.4 is 10.2 Å². The fraction of sp³-hybridized carbons (Fsp3) is 0.579. The first-order valence-corrected chi connectivity index (χ1v) is 17.7. The van der Waals surface area contributed by atoms with Crippen molar-refractivity contribution in [3.05, 3.63) is 65.0 Å². The molecule has 4 atom stereocenters. The van der Waals surface area contributed by atoms with Crippen molar-refractivity contribution in [2.45, 2.75) is 77.1 Å². The van der Waals surface area contributed by atoms with Crippen LogP contribution in [0.15, 0.2) is 42.5 Å². The summed E-state index contributed by atoms with van der Waals surface area (Å²) in [5.74, 6) is -1.47. The van der Waals surface area contributed by atoms with E-state index < -0.39 is 22.9 Å². The summed E-state index contributed by atoms with van der Waals surface area (Å²) in [6, 6.07) is 11.8. The fourth-order valence-electron chi connectivity index (χ4n) is 7.15. The third-order valence-electron chi connectivity index (χ3n) is 10.0. The minimum Gasteiger partial charge on any atom is -0.468 e. The SMILES string of the molecule is COC(=O)CNC(=O)[C@]1(C)CN(C(=O)CN2CC(C)N(C(=O)OC(C)(C)C)CC2CN2CCOC[C@H]2C)c2cc(Cc3ccc(F)cc3)ccc21. The standard InChI is InChI=1S/C38H52FN5O7/c1-25-19-42(30(20-41-14-15-50-23-26(41)2)21-43(25)36(48)51-37(3,4)5)22-33(45)44-24-38(6,35(47)40-18-34(46)49-7)31-13-10-28(17-32(31)44)16-27-8-11-29(39)12-9-27/h8-13,17,25-26,30H,14-16,18-24H2,1-7H3,(H,40,47)/t25?,26-,30?,38-/m1/s1. The molecule has 2 aromatic carbocycles. The van der Waals surface area contributed by atoms with Crippen molar-refractivity contribution in [1.82, 2.24) is 20.0 Å². The molecule has 0 radical (unpaired) electrons. The summed E-state index contributed by atoms with van der Waals surface area (Å²) in [7, 11) is 1.26. The molecule has 278 valence electrons. The Balaban J connectivity index is 1.43. The molecule has 0 spiro atoms. The minimum atomic E-state index is -1.14. The Labute approximate surface area is 300 Å². The highest BCUT2D eigenvalue weighted by Crippen LogP contribution is 2.42. The third kappa shape index (κ3) is 9.06. The van der Waals surface area contributed by atoms with Crippen molar-refractivity contribution in [3.63, 3.8) is 0 Å². The smallest absolute Gasteiger partial charge is 0.410 e. The van der Waals surface area contributed by atoms with Gasteiger partial charge in [0, 0.05) is 56.5 Å². The number of ether oxygens (including phenoxy) is 3. The van der Waals surface area contributed by atoms with Gasteiger partial charge in [-0.2, -0.15) is 0 Å². The summed E-state index contributed by atoms with van der Waals surface area (Å²) in [5, 5.41) is 2.69. The van der Waals surface area contributed by atoms with Gasteiger partial charge in [-0.15, -0.1) is 0 Å². The molecular formula is C38H52FN5O7. The summed E-state index contributed by atoms with van der Waals surface area (Å²) in [4.78, 5) is 61.3. The molecule has 1 N–H and O–H groups in total. The quantitative estimate of drug-likeness (QED) is 0.391. The summed E-state index contributed by atoms with van der Waals surface area (Å²) in [6.07, 6.45) is 0.127. The zero-order chi connectivity index (χ0) is 37.1. The highest BCUT2D eigenvalue weighted by Gasteiger charge is 2.48. The number of morpholine rings is 1. The second-order valence-corrected chi connectivity index (χ2v) is 15.2. The number of esters is 1. The largest absolute Gasteiger partial charge is 0.468 e. The number of amides is 3. The van der Waals surface area contributed by atoms with Crippen LogP contribution in [0.1, 0.15) is 58.2 Å². The van der Waals surface area contributed by atoms with Crippen LogP contribution in [-0.2, 0) is 40.4 Å². The molecule has 13 heteroatoms. The first kappa shape index (κ1) is 38.2. The van der Waals surface area contributed by atoms with E-state index in [1.54, 1.807) is 28.9 Å². The van der Waals surface area contributed by atoms with Crippen LogP contribution in [0.4, 0.5) is 14.9 Å².